The van der Waals surface area contributed by atoms with Crippen LogP contribution in [0.1, 0.15) is 23.6 Å². The number of hydrogen-bond donors (Lipinski definition) is 1. The first kappa shape index (κ1) is 15.7. The summed E-state index contributed by atoms with van der Waals surface area (Å²) in [7, 11) is 0. The molecular weight excluding hydrogens is 304 g/mol. The lowest BCUT2D eigenvalue weighted by Crippen LogP contribution is -2.41. The minimum Gasteiger partial charge on any atom is -0.319 e. The molecule has 6 heteroatoms. The van der Waals surface area contributed by atoms with Crippen molar-refractivity contribution in [1.82, 2.24) is 15.2 Å². The van der Waals surface area contributed by atoms with E-state index < -0.39 is 11.6 Å². The molecule has 1 saturated heterocycles. The van der Waals surface area contributed by atoms with E-state index in [-0.39, 0.29) is 5.91 Å². The third-order valence-corrected chi connectivity index (χ3v) is 4.24. The summed E-state index contributed by atoms with van der Waals surface area (Å²) >= 11 is 0. The zero-order chi connectivity index (χ0) is 17.2. The van der Waals surface area contributed by atoms with Gasteiger partial charge in [-0.15, -0.1) is 0 Å². The van der Waals surface area contributed by atoms with Gasteiger partial charge in [0.25, 0.3) is 5.91 Å². The quantitative estimate of drug-likeness (QED) is 0.873. The van der Waals surface area contributed by atoms with Crippen LogP contribution in [0.15, 0.2) is 48.8 Å². The lowest BCUT2D eigenvalue weighted by atomic mass is 9.91. The zero-order valence-corrected chi connectivity index (χ0v) is 13.2. The molecule has 1 aromatic heterocycles. The van der Waals surface area contributed by atoms with E-state index in [2.05, 4.69) is 10.3 Å². The largest absolute Gasteiger partial charge is 0.325 e. The van der Waals surface area contributed by atoms with Crippen molar-refractivity contribution in [2.45, 2.75) is 18.9 Å². The van der Waals surface area contributed by atoms with Crippen LogP contribution >= 0.6 is 0 Å². The number of nitrogens with zero attached hydrogens (tertiary/aromatic N) is 3. The molecule has 0 aliphatic carbocycles. The SMILES string of the molecule is C[C@]1(c2ccc(C#N)cc2)NC(=O)N(CCc2ccncc2)C1=O. The summed E-state index contributed by atoms with van der Waals surface area (Å²) in [5.41, 5.74) is 1.07. The van der Waals surface area contributed by atoms with Gasteiger partial charge in [-0.25, -0.2) is 4.79 Å². The zero-order valence-electron chi connectivity index (χ0n) is 13.2. The van der Waals surface area contributed by atoms with E-state index >= 15 is 0 Å². The van der Waals surface area contributed by atoms with Crippen molar-refractivity contribution in [3.63, 3.8) is 0 Å². The molecule has 0 radical (unpaired) electrons. The van der Waals surface area contributed by atoms with Crippen LogP contribution in [0.5, 0.6) is 0 Å². The Morgan fingerprint density at radius 2 is 1.83 bits per heavy atom. The van der Waals surface area contributed by atoms with Crippen LogP contribution in [0.25, 0.3) is 0 Å². The van der Waals surface area contributed by atoms with Gasteiger partial charge in [-0.1, -0.05) is 12.1 Å². The van der Waals surface area contributed by atoms with E-state index in [4.69, 9.17) is 5.26 Å². The number of benzene rings is 1. The first-order chi connectivity index (χ1) is 11.5. The summed E-state index contributed by atoms with van der Waals surface area (Å²) in [6.45, 7) is 1.99. The highest BCUT2D eigenvalue weighted by atomic mass is 16.2. The number of carbonyl (C=O) groups is 2. The van der Waals surface area contributed by atoms with Crippen molar-refractivity contribution >= 4 is 11.9 Å². The molecule has 24 heavy (non-hydrogen) atoms. The van der Waals surface area contributed by atoms with Crippen molar-refractivity contribution in [2.24, 2.45) is 0 Å². The van der Waals surface area contributed by atoms with Gasteiger partial charge >= 0.3 is 6.03 Å². The van der Waals surface area contributed by atoms with Gasteiger partial charge in [0.1, 0.15) is 5.54 Å². The Kier molecular flexibility index (Phi) is 4.00. The Bertz CT molecular complexity index is 811. The van der Waals surface area contributed by atoms with Gasteiger partial charge in [-0.05, 0) is 48.7 Å². The molecule has 1 aromatic carbocycles. The van der Waals surface area contributed by atoms with E-state index in [1.165, 1.54) is 4.90 Å². The van der Waals surface area contributed by atoms with Gasteiger partial charge in [0, 0.05) is 18.9 Å². The summed E-state index contributed by atoms with van der Waals surface area (Å²) < 4.78 is 0. The molecule has 0 bridgehead atoms. The Hall–Kier alpha value is -3.20. The summed E-state index contributed by atoms with van der Waals surface area (Å²) in [4.78, 5) is 30.2. The smallest absolute Gasteiger partial charge is 0.319 e. The fourth-order valence-corrected chi connectivity index (χ4v) is 2.76. The number of nitrogens with one attached hydrogen (secondary N) is 1. The van der Waals surface area contributed by atoms with Gasteiger partial charge in [0.05, 0.1) is 11.6 Å². The van der Waals surface area contributed by atoms with Crippen LogP contribution in [-0.2, 0) is 16.8 Å². The molecule has 0 spiro atoms. The van der Waals surface area contributed by atoms with Crippen molar-refractivity contribution in [3.05, 3.63) is 65.5 Å². The second-order valence-electron chi connectivity index (χ2n) is 5.81. The number of hydrogen-bond acceptors (Lipinski definition) is 4. The Balaban J connectivity index is 1.78. The number of imide groups is 1. The number of carbonyl (C=O) groups excluding carboxylic acids is 2. The summed E-state index contributed by atoms with van der Waals surface area (Å²) in [6.07, 6.45) is 3.94. The third kappa shape index (κ3) is 2.72. The third-order valence-electron chi connectivity index (χ3n) is 4.24. The minimum absolute atomic E-state index is 0.286. The Morgan fingerprint density at radius 1 is 1.17 bits per heavy atom. The molecule has 2 heterocycles. The summed E-state index contributed by atoms with van der Waals surface area (Å²) in [6, 6.07) is 12.0. The van der Waals surface area contributed by atoms with Crippen LogP contribution in [0.3, 0.4) is 0 Å². The minimum atomic E-state index is -1.11. The fourth-order valence-electron chi connectivity index (χ4n) is 2.76. The van der Waals surface area contributed by atoms with Crippen LogP contribution in [0, 0.1) is 11.3 Å². The number of urea groups is 1. The topological polar surface area (TPSA) is 86.1 Å². The number of rotatable bonds is 4. The average molecular weight is 320 g/mol. The van der Waals surface area contributed by atoms with Gasteiger partial charge in [0.2, 0.25) is 0 Å². The van der Waals surface area contributed by atoms with Crippen LogP contribution in [-0.4, -0.2) is 28.4 Å². The maximum Gasteiger partial charge on any atom is 0.325 e. The van der Waals surface area contributed by atoms with Crippen LogP contribution in [0.4, 0.5) is 4.79 Å². The Morgan fingerprint density at radius 3 is 2.46 bits per heavy atom. The molecule has 3 rings (SSSR count). The number of nitriles is 1. The van der Waals surface area contributed by atoms with E-state index in [0.717, 1.165) is 5.56 Å². The first-order valence-corrected chi connectivity index (χ1v) is 7.58. The summed E-state index contributed by atoms with van der Waals surface area (Å²) in [5, 5.41) is 11.6. The molecule has 1 aliphatic rings. The highest BCUT2D eigenvalue weighted by Crippen LogP contribution is 2.29. The maximum absolute atomic E-state index is 12.8. The monoisotopic (exact) mass is 320 g/mol. The maximum atomic E-state index is 12.8. The van der Waals surface area contributed by atoms with E-state index in [1.54, 1.807) is 43.6 Å². The second kappa shape index (κ2) is 6.13. The number of amides is 3. The van der Waals surface area contributed by atoms with Crippen molar-refractivity contribution < 1.29 is 9.59 Å². The van der Waals surface area contributed by atoms with Crippen LogP contribution < -0.4 is 5.32 Å². The van der Waals surface area contributed by atoms with Crippen molar-refractivity contribution in [3.8, 4) is 6.07 Å². The molecule has 1 atom stereocenters. The van der Waals surface area contributed by atoms with Gasteiger partial charge in [-0.3, -0.25) is 14.7 Å². The lowest BCUT2D eigenvalue weighted by molar-refractivity contribution is -0.131. The highest BCUT2D eigenvalue weighted by Gasteiger charge is 2.48. The second-order valence-corrected chi connectivity index (χ2v) is 5.81. The molecule has 3 amide bonds. The predicted octanol–water partition coefficient (Wildman–Crippen LogP) is 1.96. The molecule has 120 valence electrons. The van der Waals surface area contributed by atoms with Gasteiger partial charge in [0.15, 0.2) is 0 Å². The molecule has 1 aliphatic heterocycles. The van der Waals surface area contributed by atoms with E-state index in [1.807, 2.05) is 18.2 Å². The summed E-state index contributed by atoms with van der Waals surface area (Å²) in [5.74, 6) is -0.286. The normalized spacial score (nSPS) is 19.9. The standard InChI is InChI=1S/C18H16N4O2/c1-18(15-4-2-14(12-19)3-5-15)16(23)22(17(24)21-18)11-8-13-6-9-20-10-7-13/h2-7,9-10H,8,11H2,1H3,(H,21,24)/t18-/m1/s1. The number of pyridine rings is 1. The fraction of sp³-hybridized carbons (Fsp3) is 0.222. The number of aromatic nitrogens is 1. The molecule has 1 fully saturated rings. The van der Waals surface area contributed by atoms with Crippen molar-refractivity contribution in [1.29, 1.82) is 5.26 Å². The molecule has 0 saturated carbocycles. The van der Waals surface area contributed by atoms with Gasteiger partial charge in [-0.2, -0.15) is 5.26 Å². The van der Waals surface area contributed by atoms with E-state index in [0.29, 0.717) is 24.1 Å². The molecule has 0 unspecified atom stereocenters. The Labute approximate surface area is 139 Å². The average Bonchev–Trinajstić information content (AvgIpc) is 2.84. The molecule has 2 aromatic rings. The van der Waals surface area contributed by atoms with Gasteiger partial charge < -0.3 is 5.32 Å². The van der Waals surface area contributed by atoms with Crippen molar-refractivity contribution in [2.75, 3.05) is 6.54 Å². The molecule has 1 N–H and O–H groups in total. The molecular formula is C18H16N4O2. The first-order valence-electron chi connectivity index (χ1n) is 7.58. The highest BCUT2D eigenvalue weighted by molar-refractivity contribution is 6.07. The molecule has 6 nitrogen and oxygen atoms in total. The lowest BCUT2D eigenvalue weighted by Gasteiger charge is -2.22. The predicted molar refractivity (Wildman–Crippen MR) is 86.7 cm³/mol. The van der Waals surface area contributed by atoms with E-state index in [9.17, 15) is 9.59 Å². The van der Waals surface area contributed by atoms with Crippen LogP contribution in [0.2, 0.25) is 0 Å².